The van der Waals surface area contributed by atoms with Gasteiger partial charge in [-0.15, -0.1) is 0 Å². The average molecular weight is 344 g/mol. The van der Waals surface area contributed by atoms with Crippen molar-refractivity contribution in [2.45, 2.75) is 18.7 Å². The summed E-state index contributed by atoms with van der Waals surface area (Å²) in [7, 11) is 0. The van der Waals surface area contributed by atoms with E-state index in [1.807, 2.05) is 22.6 Å². The van der Waals surface area contributed by atoms with E-state index in [0.29, 0.717) is 21.7 Å². The van der Waals surface area contributed by atoms with Crippen LogP contribution in [0.1, 0.15) is 25.1 Å². The minimum Gasteiger partial charge on any atom is -0.463 e. The van der Waals surface area contributed by atoms with Crippen molar-refractivity contribution in [3.8, 4) is 6.07 Å². The maximum atomic E-state index is 11.6. The maximum absolute atomic E-state index is 11.6. The van der Waals surface area contributed by atoms with E-state index in [2.05, 4.69) is 6.07 Å². The minimum absolute atomic E-state index is 0.0845. The fourth-order valence-electron chi connectivity index (χ4n) is 2.13. The van der Waals surface area contributed by atoms with Gasteiger partial charge in [-0.05, 0) is 25.1 Å². The van der Waals surface area contributed by atoms with Crippen molar-refractivity contribution in [3.63, 3.8) is 0 Å². The standard InChI is InChI=1S/C17H16N2O4S/c1-3-22-16(21)8-7-15-17(24-11-23-12(2)20)13(10-18)14-6-4-5-9-19(14)15/h4-9H,3,11H2,1-2H3/b8-7+. The second-order valence-electron chi connectivity index (χ2n) is 4.64. The van der Waals surface area contributed by atoms with Crippen LogP contribution in [0.3, 0.4) is 0 Å². The van der Waals surface area contributed by atoms with Crippen molar-refractivity contribution in [1.29, 1.82) is 5.26 Å². The first-order chi connectivity index (χ1) is 11.6. The Morgan fingerprint density at radius 2 is 2.17 bits per heavy atom. The van der Waals surface area contributed by atoms with Crippen LogP contribution in [0.4, 0.5) is 0 Å². The molecule has 6 nitrogen and oxygen atoms in total. The summed E-state index contributed by atoms with van der Waals surface area (Å²) in [5.41, 5.74) is 1.84. The molecule has 0 atom stereocenters. The molecule has 0 bridgehead atoms. The Hall–Kier alpha value is -2.72. The number of esters is 2. The van der Waals surface area contributed by atoms with E-state index in [4.69, 9.17) is 9.47 Å². The Bertz CT molecular complexity index is 833. The summed E-state index contributed by atoms with van der Waals surface area (Å²) in [5.74, 6) is -0.771. The van der Waals surface area contributed by atoms with Crippen molar-refractivity contribution in [2.24, 2.45) is 0 Å². The third-order valence-electron chi connectivity index (χ3n) is 3.08. The molecular weight excluding hydrogens is 328 g/mol. The molecule has 7 heteroatoms. The van der Waals surface area contributed by atoms with Crippen molar-refractivity contribution >= 4 is 35.3 Å². The van der Waals surface area contributed by atoms with Gasteiger partial charge in [-0.2, -0.15) is 5.26 Å². The van der Waals surface area contributed by atoms with E-state index in [9.17, 15) is 14.9 Å². The lowest BCUT2D eigenvalue weighted by Gasteiger charge is -2.03. The van der Waals surface area contributed by atoms with Gasteiger partial charge in [-0.3, -0.25) is 4.79 Å². The smallest absolute Gasteiger partial charge is 0.330 e. The Morgan fingerprint density at radius 1 is 1.38 bits per heavy atom. The fraction of sp³-hybridized carbons (Fsp3) is 0.235. The predicted octanol–water partition coefficient (Wildman–Crippen LogP) is 3.00. The zero-order valence-electron chi connectivity index (χ0n) is 13.3. The highest BCUT2D eigenvalue weighted by atomic mass is 32.2. The summed E-state index contributed by atoms with van der Waals surface area (Å²) >= 11 is 1.23. The molecule has 0 N–H and O–H groups in total. The lowest BCUT2D eigenvalue weighted by Crippen LogP contribution is -1.99. The number of hydrogen-bond donors (Lipinski definition) is 0. The van der Waals surface area contributed by atoms with Gasteiger partial charge in [0, 0.05) is 19.2 Å². The fourth-order valence-corrected chi connectivity index (χ4v) is 3.08. The van der Waals surface area contributed by atoms with Gasteiger partial charge >= 0.3 is 11.9 Å². The molecule has 2 aromatic heterocycles. The molecule has 0 saturated carbocycles. The Balaban J connectivity index is 2.47. The zero-order valence-corrected chi connectivity index (χ0v) is 14.1. The van der Waals surface area contributed by atoms with Gasteiger partial charge in [0.15, 0.2) is 0 Å². The van der Waals surface area contributed by atoms with Crippen molar-refractivity contribution < 1.29 is 19.1 Å². The third kappa shape index (κ3) is 3.97. The molecule has 0 aliphatic heterocycles. The second-order valence-corrected chi connectivity index (χ2v) is 5.57. The lowest BCUT2D eigenvalue weighted by molar-refractivity contribution is -0.139. The molecule has 24 heavy (non-hydrogen) atoms. The maximum Gasteiger partial charge on any atom is 0.330 e. The minimum atomic E-state index is -0.460. The second kappa shape index (κ2) is 8.22. The van der Waals surface area contributed by atoms with Crippen LogP contribution in [-0.4, -0.2) is 28.9 Å². The number of pyridine rings is 1. The van der Waals surface area contributed by atoms with Gasteiger partial charge in [0.25, 0.3) is 0 Å². The zero-order chi connectivity index (χ0) is 17.5. The van der Waals surface area contributed by atoms with Gasteiger partial charge in [-0.25, -0.2) is 4.79 Å². The highest BCUT2D eigenvalue weighted by molar-refractivity contribution is 7.99. The number of fused-ring (bicyclic) bond motifs is 1. The van der Waals surface area contributed by atoms with E-state index in [1.54, 1.807) is 19.2 Å². The molecule has 0 amide bonds. The van der Waals surface area contributed by atoms with Gasteiger partial charge in [-0.1, -0.05) is 17.8 Å². The van der Waals surface area contributed by atoms with Crippen LogP contribution in [0, 0.1) is 11.3 Å². The van der Waals surface area contributed by atoms with Gasteiger partial charge < -0.3 is 13.9 Å². The lowest BCUT2D eigenvalue weighted by atomic mass is 10.2. The largest absolute Gasteiger partial charge is 0.463 e. The Labute approximate surface area is 143 Å². The van der Waals surface area contributed by atoms with Crippen LogP contribution in [0.5, 0.6) is 0 Å². The highest BCUT2D eigenvalue weighted by Gasteiger charge is 2.17. The molecule has 0 saturated heterocycles. The number of carbonyl (C=O) groups excluding carboxylic acids is 2. The summed E-state index contributed by atoms with van der Waals surface area (Å²) in [6.45, 7) is 3.34. The first kappa shape index (κ1) is 17.6. The number of thioether (sulfide) groups is 1. The molecule has 0 aromatic carbocycles. The molecule has 2 heterocycles. The van der Waals surface area contributed by atoms with E-state index >= 15 is 0 Å². The normalized spacial score (nSPS) is 10.7. The number of nitriles is 1. The summed E-state index contributed by atoms with van der Waals surface area (Å²) < 4.78 is 11.6. The number of rotatable bonds is 6. The summed E-state index contributed by atoms with van der Waals surface area (Å²) in [6.07, 6.45) is 4.72. The molecule has 124 valence electrons. The van der Waals surface area contributed by atoms with Crippen molar-refractivity contribution in [2.75, 3.05) is 12.5 Å². The first-order valence-corrected chi connectivity index (χ1v) is 8.21. The third-order valence-corrected chi connectivity index (χ3v) is 4.01. The summed E-state index contributed by atoms with van der Waals surface area (Å²) in [6, 6.07) is 7.65. The quantitative estimate of drug-likeness (QED) is 0.347. The van der Waals surface area contributed by atoms with E-state index in [0.717, 1.165) is 0 Å². The highest BCUT2D eigenvalue weighted by Crippen LogP contribution is 2.33. The molecule has 0 spiro atoms. The average Bonchev–Trinajstić information content (AvgIpc) is 2.85. The van der Waals surface area contributed by atoms with Crippen LogP contribution < -0.4 is 0 Å². The van der Waals surface area contributed by atoms with Crippen molar-refractivity contribution in [3.05, 3.63) is 41.7 Å². The van der Waals surface area contributed by atoms with E-state index in [1.165, 1.54) is 24.8 Å². The van der Waals surface area contributed by atoms with E-state index < -0.39 is 11.9 Å². The van der Waals surface area contributed by atoms with Gasteiger partial charge in [0.05, 0.1) is 28.3 Å². The molecule has 0 radical (unpaired) electrons. The SMILES string of the molecule is CCOC(=O)/C=C/c1c(SCOC(C)=O)c(C#N)c2ccccn12. The molecular formula is C17H16N2O4S. The van der Waals surface area contributed by atoms with Crippen molar-refractivity contribution in [1.82, 2.24) is 4.40 Å². The molecule has 2 aromatic rings. The van der Waals surface area contributed by atoms with Gasteiger partial charge in [0.2, 0.25) is 0 Å². The van der Waals surface area contributed by atoms with Crippen LogP contribution in [0.25, 0.3) is 11.6 Å². The number of ether oxygens (including phenoxy) is 2. The molecule has 0 aliphatic rings. The summed E-state index contributed by atoms with van der Waals surface area (Å²) in [5, 5.41) is 9.50. The molecule has 0 aliphatic carbocycles. The first-order valence-electron chi connectivity index (χ1n) is 7.22. The van der Waals surface area contributed by atoms with E-state index in [-0.39, 0.29) is 12.5 Å². The topological polar surface area (TPSA) is 80.8 Å². The summed E-state index contributed by atoms with van der Waals surface area (Å²) in [4.78, 5) is 23.2. The number of aromatic nitrogens is 1. The van der Waals surface area contributed by atoms with Crippen LogP contribution in [0.2, 0.25) is 0 Å². The Kier molecular flexibility index (Phi) is 6.04. The Morgan fingerprint density at radius 3 is 2.83 bits per heavy atom. The molecule has 2 rings (SSSR count). The molecule has 0 fully saturated rings. The predicted molar refractivity (Wildman–Crippen MR) is 90.3 cm³/mol. The monoisotopic (exact) mass is 344 g/mol. The van der Waals surface area contributed by atoms with Crippen LogP contribution in [0.15, 0.2) is 35.4 Å². The molecule has 0 unspecified atom stereocenters. The van der Waals surface area contributed by atoms with Crippen LogP contribution >= 0.6 is 11.8 Å². The van der Waals surface area contributed by atoms with Crippen LogP contribution in [-0.2, 0) is 19.1 Å². The van der Waals surface area contributed by atoms with Gasteiger partial charge in [0.1, 0.15) is 12.0 Å². The number of hydrogen-bond acceptors (Lipinski definition) is 6. The number of nitrogens with zero attached hydrogens (tertiary/aromatic N) is 2. The number of carbonyl (C=O) groups is 2.